The molecule has 0 fully saturated rings. The SMILES string of the molecule is CC(C)C(O)CC(=O)Nc1nccn1Cc1ccccc1Cl. The maximum Gasteiger partial charge on any atom is 0.229 e. The molecule has 0 aliphatic carbocycles. The average Bonchev–Trinajstić information content (AvgIpc) is 2.88. The van der Waals surface area contributed by atoms with Crippen molar-refractivity contribution >= 4 is 23.5 Å². The fourth-order valence-electron chi connectivity index (χ4n) is 1.97. The third-order valence-corrected chi connectivity index (χ3v) is 3.80. The smallest absolute Gasteiger partial charge is 0.229 e. The molecule has 6 heteroatoms. The minimum atomic E-state index is -0.660. The number of halogens is 1. The van der Waals surface area contributed by atoms with Crippen LogP contribution in [0.2, 0.25) is 5.02 Å². The zero-order chi connectivity index (χ0) is 16.1. The molecule has 0 bridgehead atoms. The van der Waals surface area contributed by atoms with Crippen molar-refractivity contribution in [1.82, 2.24) is 9.55 Å². The van der Waals surface area contributed by atoms with Crippen LogP contribution in [0.5, 0.6) is 0 Å². The van der Waals surface area contributed by atoms with Crippen molar-refractivity contribution in [2.75, 3.05) is 5.32 Å². The molecule has 2 aromatic rings. The number of anilines is 1. The van der Waals surface area contributed by atoms with Gasteiger partial charge in [0.05, 0.1) is 19.1 Å². The quantitative estimate of drug-likeness (QED) is 0.859. The number of carbonyl (C=O) groups excluding carboxylic acids is 1. The van der Waals surface area contributed by atoms with E-state index >= 15 is 0 Å². The van der Waals surface area contributed by atoms with E-state index in [0.29, 0.717) is 17.5 Å². The van der Waals surface area contributed by atoms with E-state index in [1.165, 1.54) is 0 Å². The Labute approximate surface area is 134 Å². The second kappa shape index (κ2) is 7.42. The van der Waals surface area contributed by atoms with Crippen molar-refractivity contribution in [2.45, 2.75) is 32.9 Å². The molecule has 2 rings (SSSR count). The summed E-state index contributed by atoms with van der Waals surface area (Å²) in [5, 5.41) is 13.2. The van der Waals surface area contributed by atoms with Gasteiger partial charge in [0.2, 0.25) is 11.9 Å². The third-order valence-electron chi connectivity index (χ3n) is 3.43. The Morgan fingerprint density at radius 2 is 2.14 bits per heavy atom. The number of nitrogens with zero attached hydrogens (tertiary/aromatic N) is 2. The average molecular weight is 322 g/mol. The molecule has 1 amide bonds. The summed E-state index contributed by atoms with van der Waals surface area (Å²) in [4.78, 5) is 16.1. The fourth-order valence-corrected chi connectivity index (χ4v) is 2.17. The molecule has 0 aliphatic heterocycles. The lowest BCUT2D eigenvalue weighted by Gasteiger charge is -2.14. The van der Waals surface area contributed by atoms with Crippen molar-refractivity contribution in [1.29, 1.82) is 0 Å². The second-order valence-corrected chi connectivity index (χ2v) is 5.94. The van der Waals surface area contributed by atoms with Crippen LogP contribution in [0.1, 0.15) is 25.8 Å². The van der Waals surface area contributed by atoms with Crippen LogP contribution < -0.4 is 5.32 Å². The van der Waals surface area contributed by atoms with Crippen LogP contribution in [0.15, 0.2) is 36.7 Å². The summed E-state index contributed by atoms with van der Waals surface area (Å²) in [6, 6.07) is 7.53. The van der Waals surface area contributed by atoms with Gasteiger partial charge in [-0.05, 0) is 17.5 Å². The predicted octanol–water partition coefficient (Wildman–Crippen LogP) is 2.93. The zero-order valence-corrected chi connectivity index (χ0v) is 13.4. The lowest BCUT2D eigenvalue weighted by molar-refractivity contribution is -0.118. The maximum absolute atomic E-state index is 11.9. The van der Waals surface area contributed by atoms with Crippen LogP contribution in [-0.2, 0) is 11.3 Å². The molecule has 118 valence electrons. The number of aromatic nitrogens is 2. The Morgan fingerprint density at radius 1 is 1.41 bits per heavy atom. The molecule has 0 saturated heterocycles. The molecular weight excluding hydrogens is 302 g/mol. The number of nitrogens with one attached hydrogen (secondary N) is 1. The molecule has 1 aromatic carbocycles. The summed E-state index contributed by atoms with van der Waals surface area (Å²) in [6.07, 6.45) is 2.78. The van der Waals surface area contributed by atoms with E-state index < -0.39 is 6.10 Å². The highest BCUT2D eigenvalue weighted by atomic mass is 35.5. The largest absolute Gasteiger partial charge is 0.392 e. The number of amides is 1. The Bertz CT molecular complexity index is 640. The Balaban J connectivity index is 2.04. The predicted molar refractivity (Wildman–Crippen MR) is 86.9 cm³/mol. The third kappa shape index (κ3) is 4.32. The summed E-state index contributed by atoms with van der Waals surface area (Å²) in [7, 11) is 0. The zero-order valence-electron chi connectivity index (χ0n) is 12.7. The van der Waals surface area contributed by atoms with Crippen LogP contribution in [0.4, 0.5) is 5.95 Å². The second-order valence-electron chi connectivity index (χ2n) is 5.53. The lowest BCUT2D eigenvalue weighted by Crippen LogP contribution is -2.25. The lowest BCUT2D eigenvalue weighted by atomic mass is 10.0. The molecule has 5 nitrogen and oxygen atoms in total. The number of aliphatic hydroxyl groups is 1. The van der Waals surface area contributed by atoms with Gasteiger partial charge in [-0.2, -0.15) is 0 Å². The highest BCUT2D eigenvalue weighted by Crippen LogP contribution is 2.18. The number of rotatable bonds is 6. The Kier molecular flexibility index (Phi) is 5.57. The van der Waals surface area contributed by atoms with E-state index in [9.17, 15) is 9.90 Å². The molecule has 2 N–H and O–H groups in total. The first-order valence-corrected chi connectivity index (χ1v) is 7.57. The van der Waals surface area contributed by atoms with Gasteiger partial charge in [-0.25, -0.2) is 4.98 Å². The first-order valence-electron chi connectivity index (χ1n) is 7.20. The molecule has 0 saturated carbocycles. The van der Waals surface area contributed by atoms with E-state index in [2.05, 4.69) is 10.3 Å². The number of hydrogen-bond donors (Lipinski definition) is 2. The van der Waals surface area contributed by atoms with Gasteiger partial charge in [-0.3, -0.25) is 10.1 Å². The molecular formula is C16H20ClN3O2. The molecule has 0 spiro atoms. The van der Waals surface area contributed by atoms with Crippen LogP contribution in [0.25, 0.3) is 0 Å². The molecule has 22 heavy (non-hydrogen) atoms. The van der Waals surface area contributed by atoms with E-state index in [1.807, 2.05) is 38.1 Å². The number of benzene rings is 1. The van der Waals surface area contributed by atoms with Gasteiger partial charge in [0.25, 0.3) is 0 Å². The number of aliphatic hydroxyl groups excluding tert-OH is 1. The van der Waals surface area contributed by atoms with Gasteiger partial charge in [0, 0.05) is 17.4 Å². The number of imidazole rings is 1. The molecule has 1 unspecified atom stereocenters. The summed E-state index contributed by atoms with van der Waals surface area (Å²) in [5.41, 5.74) is 0.944. The van der Waals surface area contributed by atoms with Gasteiger partial charge in [-0.15, -0.1) is 0 Å². The van der Waals surface area contributed by atoms with E-state index in [-0.39, 0.29) is 18.2 Å². The van der Waals surface area contributed by atoms with Crippen LogP contribution in [0, 0.1) is 5.92 Å². The van der Waals surface area contributed by atoms with Crippen molar-refractivity contribution in [3.8, 4) is 0 Å². The molecule has 1 atom stereocenters. The van der Waals surface area contributed by atoms with Gasteiger partial charge < -0.3 is 9.67 Å². The summed E-state index contributed by atoms with van der Waals surface area (Å²) >= 11 is 6.15. The van der Waals surface area contributed by atoms with Crippen LogP contribution >= 0.6 is 11.6 Å². The molecule has 1 aromatic heterocycles. The highest BCUT2D eigenvalue weighted by Gasteiger charge is 2.16. The summed E-state index contributed by atoms with van der Waals surface area (Å²) in [6.45, 7) is 4.26. The van der Waals surface area contributed by atoms with Gasteiger partial charge in [0.15, 0.2) is 0 Å². The van der Waals surface area contributed by atoms with E-state index in [4.69, 9.17) is 11.6 Å². The minimum absolute atomic E-state index is 0.0358. The highest BCUT2D eigenvalue weighted by molar-refractivity contribution is 6.31. The number of hydrogen-bond acceptors (Lipinski definition) is 3. The van der Waals surface area contributed by atoms with Crippen molar-refractivity contribution in [3.63, 3.8) is 0 Å². The maximum atomic E-state index is 11.9. The first kappa shape index (κ1) is 16.5. The fraction of sp³-hybridized carbons (Fsp3) is 0.375. The van der Waals surface area contributed by atoms with Crippen molar-refractivity contribution < 1.29 is 9.90 Å². The monoisotopic (exact) mass is 321 g/mol. The first-order chi connectivity index (χ1) is 10.5. The van der Waals surface area contributed by atoms with Crippen LogP contribution in [0.3, 0.4) is 0 Å². The van der Waals surface area contributed by atoms with E-state index in [0.717, 1.165) is 5.56 Å². The molecule has 0 aliphatic rings. The molecule has 0 radical (unpaired) electrons. The van der Waals surface area contributed by atoms with Crippen molar-refractivity contribution in [3.05, 3.63) is 47.2 Å². The molecule has 1 heterocycles. The Morgan fingerprint density at radius 3 is 2.82 bits per heavy atom. The topological polar surface area (TPSA) is 67.2 Å². The van der Waals surface area contributed by atoms with Crippen molar-refractivity contribution in [2.24, 2.45) is 5.92 Å². The van der Waals surface area contributed by atoms with Gasteiger partial charge in [0.1, 0.15) is 0 Å². The van der Waals surface area contributed by atoms with Gasteiger partial charge >= 0.3 is 0 Å². The van der Waals surface area contributed by atoms with Crippen LogP contribution in [-0.4, -0.2) is 26.7 Å². The Hall–Kier alpha value is -1.85. The minimum Gasteiger partial charge on any atom is -0.392 e. The number of carbonyl (C=O) groups is 1. The summed E-state index contributed by atoms with van der Waals surface area (Å²) in [5.74, 6) is 0.224. The normalized spacial score (nSPS) is 12.4. The summed E-state index contributed by atoms with van der Waals surface area (Å²) < 4.78 is 1.81. The van der Waals surface area contributed by atoms with Gasteiger partial charge in [-0.1, -0.05) is 43.6 Å². The van der Waals surface area contributed by atoms with E-state index in [1.54, 1.807) is 17.0 Å². The standard InChI is InChI=1S/C16H20ClN3O2/c1-11(2)14(21)9-15(22)19-16-18-7-8-20(16)10-12-5-3-4-6-13(12)17/h3-8,11,14,21H,9-10H2,1-2H3,(H,18,19,22).